The highest BCUT2D eigenvalue weighted by Gasteiger charge is 2.05. The highest BCUT2D eigenvalue weighted by molar-refractivity contribution is 5.36. The average Bonchev–Trinajstić information content (AvgIpc) is 2.47. The smallest absolute Gasteiger partial charge is 0.322 e. The van der Waals surface area contributed by atoms with Gasteiger partial charge in [-0.05, 0) is 19.4 Å². The summed E-state index contributed by atoms with van der Waals surface area (Å²) in [7, 11) is 1.54. The van der Waals surface area contributed by atoms with Crippen molar-refractivity contribution >= 4 is 11.9 Å². The van der Waals surface area contributed by atoms with Crippen molar-refractivity contribution in [2.75, 3.05) is 24.3 Å². The molecule has 0 saturated carbocycles. The van der Waals surface area contributed by atoms with Gasteiger partial charge in [-0.25, -0.2) is 0 Å². The monoisotopic (exact) mass is 273 g/mol. The van der Waals surface area contributed by atoms with Crippen LogP contribution in [0.2, 0.25) is 0 Å². The average molecular weight is 273 g/mol. The van der Waals surface area contributed by atoms with Gasteiger partial charge in [-0.2, -0.15) is 15.0 Å². The molecule has 0 unspecified atom stereocenters. The molecule has 0 aliphatic heterocycles. The van der Waals surface area contributed by atoms with E-state index in [1.165, 1.54) is 18.2 Å². The molecule has 2 N–H and O–H groups in total. The van der Waals surface area contributed by atoms with Gasteiger partial charge in [-0.15, -0.1) is 0 Å². The molecule has 0 saturated heterocycles. The lowest BCUT2D eigenvalue weighted by atomic mass is 10.1. The minimum absolute atomic E-state index is 0.294. The second kappa shape index (κ2) is 6.70. The van der Waals surface area contributed by atoms with E-state index in [0.717, 1.165) is 6.54 Å². The maximum atomic E-state index is 5.07. The molecule has 2 aromatic rings. The normalized spacial score (nSPS) is 10.2. The zero-order valence-corrected chi connectivity index (χ0v) is 12.0. The highest BCUT2D eigenvalue weighted by Crippen LogP contribution is 2.12. The largest absolute Gasteiger partial charge is 0.467 e. The van der Waals surface area contributed by atoms with E-state index in [1.54, 1.807) is 0 Å². The number of hydrogen-bond donors (Lipinski definition) is 2. The van der Waals surface area contributed by atoms with Gasteiger partial charge in [0.25, 0.3) is 0 Å². The van der Waals surface area contributed by atoms with Crippen LogP contribution in [0.1, 0.15) is 18.1 Å². The number of aromatic nitrogens is 3. The van der Waals surface area contributed by atoms with Crippen LogP contribution in [0.3, 0.4) is 0 Å². The lowest BCUT2D eigenvalue weighted by Gasteiger charge is -2.08. The van der Waals surface area contributed by atoms with E-state index < -0.39 is 0 Å². The molecule has 0 atom stereocenters. The molecule has 6 nitrogen and oxygen atoms in total. The first-order chi connectivity index (χ1) is 9.71. The van der Waals surface area contributed by atoms with Gasteiger partial charge in [0, 0.05) is 13.1 Å². The first kappa shape index (κ1) is 14.0. The fraction of sp³-hybridized carbons (Fsp3) is 0.357. The summed E-state index contributed by atoms with van der Waals surface area (Å²) >= 11 is 0. The number of nitrogens with zero attached hydrogens (tertiary/aromatic N) is 3. The van der Waals surface area contributed by atoms with Crippen LogP contribution in [0.25, 0.3) is 0 Å². The number of methoxy groups -OCH3 is 1. The Balaban J connectivity index is 2.07. The Kier molecular flexibility index (Phi) is 4.70. The topological polar surface area (TPSA) is 72.0 Å². The lowest BCUT2D eigenvalue weighted by molar-refractivity contribution is 0.379. The molecule has 1 heterocycles. The first-order valence-electron chi connectivity index (χ1n) is 6.54. The van der Waals surface area contributed by atoms with E-state index >= 15 is 0 Å². The van der Waals surface area contributed by atoms with Crippen LogP contribution in [-0.2, 0) is 6.54 Å². The van der Waals surface area contributed by atoms with E-state index in [9.17, 15) is 0 Å². The second-order valence-electron chi connectivity index (χ2n) is 4.34. The molecule has 6 heteroatoms. The lowest BCUT2D eigenvalue weighted by Crippen LogP contribution is -2.10. The van der Waals surface area contributed by atoms with E-state index in [2.05, 4.69) is 56.8 Å². The van der Waals surface area contributed by atoms with Crippen LogP contribution in [0.4, 0.5) is 11.9 Å². The zero-order valence-electron chi connectivity index (χ0n) is 12.0. The third-order valence-electron chi connectivity index (χ3n) is 2.70. The van der Waals surface area contributed by atoms with Crippen molar-refractivity contribution in [2.24, 2.45) is 0 Å². The van der Waals surface area contributed by atoms with Gasteiger partial charge >= 0.3 is 6.01 Å². The molecule has 0 radical (unpaired) electrons. The summed E-state index contributed by atoms with van der Waals surface area (Å²) in [5, 5.41) is 6.22. The molecule has 0 amide bonds. The van der Waals surface area contributed by atoms with E-state index in [4.69, 9.17) is 4.74 Å². The Hall–Kier alpha value is -2.37. The molecule has 1 aromatic carbocycles. The Morgan fingerprint density at radius 3 is 2.25 bits per heavy atom. The van der Waals surface area contributed by atoms with Gasteiger partial charge in [0.15, 0.2) is 0 Å². The van der Waals surface area contributed by atoms with Crippen LogP contribution in [0.15, 0.2) is 24.3 Å². The fourth-order valence-corrected chi connectivity index (χ4v) is 1.65. The molecule has 1 aromatic heterocycles. The van der Waals surface area contributed by atoms with Gasteiger partial charge in [-0.1, -0.05) is 29.8 Å². The van der Waals surface area contributed by atoms with Crippen molar-refractivity contribution < 1.29 is 4.74 Å². The Morgan fingerprint density at radius 1 is 1.00 bits per heavy atom. The number of benzene rings is 1. The number of hydrogen-bond acceptors (Lipinski definition) is 6. The SMILES string of the molecule is CCNc1nc(NCc2ccc(C)cc2)nc(OC)n1. The van der Waals surface area contributed by atoms with Crippen LogP contribution >= 0.6 is 0 Å². The van der Waals surface area contributed by atoms with Crippen molar-refractivity contribution in [3.63, 3.8) is 0 Å². The molecule has 0 fully saturated rings. The number of ether oxygens (including phenoxy) is 1. The minimum atomic E-state index is 0.294. The molecule has 0 bridgehead atoms. The predicted molar refractivity (Wildman–Crippen MR) is 79.0 cm³/mol. The Labute approximate surface area is 118 Å². The van der Waals surface area contributed by atoms with Gasteiger partial charge in [0.2, 0.25) is 11.9 Å². The van der Waals surface area contributed by atoms with Gasteiger partial charge in [-0.3, -0.25) is 0 Å². The van der Waals surface area contributed by atoms with Gasteiger partial charge in [0.05, 0.1) is 7.11 Å². The predicted octanol–water partition coefficient (Wildman–Crippen LogP) is 2.23. The van der Waals surface area contributed by atoms with E-state index in [1.807, 2.05) is 6.92 Å². The number of rotatable bonds is 6. The summed E-state index contributed by atoms with van der Waals surface area (Å²) in [4.78, 5) is 12.6. The van der Waals surface area contributed by atoms with Crippen molar-refractivity contribution in [1.29, 1.82) is 0 Å². The molecule has 20 heavy (non-hydrogen) atoms. The Morgan fingerprint density at radius 2 is 1.65 bits per heavy atom. The molecule has 2 rings (SSSR count). The maximum Gasteiger partial charge on any atom is 0.322 e. The highest BCUT2D eigenvalue weighted by atomic mass is 16.5. The number of anilines is 2. The number of aryl methyl sites for hydroxylation is 1. The van der Waals surface area contributed by atoms with Crippen LogP contribution in [0.5, 0.6) is 6.01 Å². The van der Waals surface area contributed by atoms with E-state index in [0.29, 0.717) is 24.5 Å². The molecular formula is C14H19N5O. The summed E-state index contributed by atoms with van der Waals surface area (Å²) in [6.45, 7) is 5.44. The summed E-state index contributed by atoms with van der Waals surface area (Å²) in [6, 6.07) is 8.60. The first-order valence-corrected chi connectivity index (χ1v) is 6.54. The molecule has 0 aliphatic carbocycles. The summed E-state index contributed by atoms with van der Waals surface area (Å²) in [6.07, 6.45) is 0. The van der Waals surface area contributed by atoms with Gasteiger partial charge < -0.3 is 15.4 Å². The standard InChI is InChI=1S/C14H19N5O/c1-4-15-12-17-13(19-14(18-12)20-3)16-9-11-7-5-10(2)6-8-11/h5-8H,4,9H2,1-3H3,(H2,15,16,17,18,19). The van der Waals surface area contributed by atoms with Crippen LogP contribution in [0, 0.1) is 6.92 Å². The van der Waals surface area contributed by atoms with Crippen LogP contribution in [-0.4, -0.2) is 28.6 Å². The quantitative estimate of drug-likeness (QED) is 0.841. The maximum absolute atomic E-state index is 5.07. The molecular weight excluding hydrogens is 254 g/mol. The summed E-state index contributed by atoms with van der Waals surface area (Å²) in [5.41, 5.74) is 2.41. The fourth-order valence-electron chi connectivity index (χ4n) is 1.65. The van der Waals surface area contributed by atoms with Crippen molar-refractivity contribution in [1.82, 2.24) is 15.0 Å². The molecule has 0 aliphatic rings. The minimum Gasteiger partial charge on any atom is -0.467 e. The summed E-state index contributed by atoms with van der Waals surface area (Å²) in [5.74, 6) is 0.999. The molecule has 106 valence electrons. The third-order valence-corrected chi connectivity index (χ3v) is 2.70. The van der Waals surface area contributed by atoms with E-state index in [-0.39, 0.29) is 0 Å². The molecule has 0 spiro atoms. The van der Waals surface area contributed by atoms with Gasteiger partial charge in [0.1, 0.15) is 0 Å². The number of nitrogens with one attached hydrogen (secondary N) is 2. The van der Waals surface area contributed by atoms with Crippen LogP contribution < -0.4 is 15.4 Å². The Bertz CT molecular complexity index is 556. The van der Waals surface area contributed by atoms with Crippen molar-refractivity contribution in [3.8, 4) is 6.01 Å². The summed E-state index contributed by atoms with van der Waals surface area (Å²) < 4.78 is 5.07. The van der Waals surface area contributed by atoms with Crippen molar-refractivity contribution in [2.45, 2.75) is 20.4 Å². The third kappa shape index (κ3) is 3.81. The second-order valence-corrected chi connectivity index (χ2v) is 4.34. The van der Waals surface area contributed by atoms with Crippen molar-refractivity contribution in [3.05, 3.63) is 35.4 Å². The zero-order chi connectivity index (χ0) is 14.4.